The number of carbonyl (C=O) groups excluding carboxylic acids is 1. The molecular formula is C19H27ClN4O. The zero-order valence-electron chi connectivity index (χ0n) is 14.6. The number of nitrogens with one attached hydrogen (secondary N) is 1. The first-order valence-corrected chi connectivity index (χ1v) is 8.92. The standard InChI is InChI=1S/C19H26N4O.ClH/c1-20-18-8-5-11-23(18)19(24)14-21-17-9-12-22(13-10-17)15-16-6-3-2-4-7-16;/h2-4,6-7,17-18,21H,5,8-15H2;1H/t18-;/m0./s1. The third kappa shape index (κ3) is 5.43. The van der Waals surface area contributed by atoms with Crippen molar-refractivity contribution < 1.29 is 4.79 Å². The molecule has 1 aromatic rings. The van der Waals surface area contributed by atoms with E-state index >= 15 is 0 Å². The van der Waals surface area contributed by atoms with Gasteiger partial charge in [-0.2, -0.15) is 0 Å². The topological polar surface area (TPSA) is 39.9 Å². The predicted molar refractivity (Wildman–Crippen MR) is 101 cm³/mol. The van der Waals surface area contributed by atoms with E-state index in [1.54, 1.807) is 4.90 Å². The summed E-state index contributed by atoms with van der Waals surface area (Å²) in [7, 11) is 0. The van der Waals surface area contributed by atoms with Gasteiger partial charge in [0.1, 0.15) is 0 Å². The first kappa shape index (κ1) is 19.7. The van der Waals surface area contributed by atoms with E-state index in [9.17, 15) is 4.79 Å². The molecule has 136 valence electrons. The summed E-state index contributed by atoms with van der Waals surface area (Å²) < 4.78 is 0. The summed E-state index contributed by atoms with van der Waals surface area (Å²) in [5, 5.41) is 3.41. The van der Waals surface area contributed by atoms with Gasteiger partial charge < -0.3 is 5.32 Å². The summed E-state index contributed by atoms with van der Waals surface area (Å²) in [6, 6.07) is 11.0. The second-order valence-corrected chi connectivity index (χ2v) is 6.76. The van der Waals surface area contributed by atoms with Crippen LogP contribution in [-0.2, 0) is 11.3 Å². The molecule has 0 radical (unpaired) electrons. The molecule has 1 atom stereocenters. The largest absolute Gasteiger partial charge is 0.306 e. The number of hydrogen-bond donors (Lipinski definition) is 1. The molecule has 1 N–H and O–H groups in total. The number of benzene rings is 1. The summed E-state index contributed by atoms with van der Waals surface area (Å²) in [5.41, 5.74) is 1.36. The minimum absolute atomic E-state index is 0. The Morgan fingerprint density at radius 1 is 1.16 bits per heavy atom. The quantitative estimate of drug-likeness (QED) is 0.818. The molecule has 0 aliphatic carbocycles. The van der Waals surface area contributed by atoms with Crippen LogP contribution in [0, 0.1) is 6.57 Å². The number of halogens is 1. The SMILES string of the molecule is Cl.[C-]#[N+][C@@H]1CCCN1C(=O)CNC1CCN(Cc2ccccc2)CC1. The van der Waals surface area contributed by atoms with Gasteiger partial charge in [0.15, 0.2) is 0 Å². The van der Waals surface area contributed by atoms with Crippen molar-refractivity contribution in [1.82, 2.24) is 15.1 Å². The first-order chi connectivity index (χ1) is 11.8. The second-order valence-electron chi connectivity index (χ2n) is 6.76. The zero-order chi connectivity index (χ0) is 16.8. The van der Waals surface area contributed by atoms with E-state index in [1.807, 2.05) is 0 Å². The van der Waals surface area contributed by atoms with Gasteiger partial charge in [0.2, 0.25) is 5.91 Å². The Labute approximate surface area is 156 Å². The number of amides is 1. The third-order valence-corrected chi connectivity index (χ3v) is 5.07. The van der Waals surface area contributed by atoms with Crippen LogP contribution in [0.4, 0.5) is 0 Å². The number of hydrogen-bond acceptors (Lipinski definition) is 3. The average Bonchev–Trinajstić information content (AvgIpc) is 3.10. The molecule has 0 saturated carbocycles. The number of carbonyl (C=O) groups is 1. The van der Waals surface area contributed by atoms with Gasteiger partial charge in [-0.15, -0.1) is 12.4 Å². The van der Waals surface area contributed by atoms with Crippen molar-refractivity contribution in [1.29, 1.82) is 0 Å². The monoisotopic (exact) mass is 362 g/mol. The molecule has 3 rings (SSSR count). The number of likely N-dealkylation sites (tertiary alicyclic amines) is 2. The maximum atomic E-state index is 12.3. The van der Waals surface area contributed by atoms with Crippen LogP contribution in [0.15, 0.2) is 30.3 Å². The lowest BCUT2D eigenvalue weighted by Crippen LogP contribution is -2.47. The summed E-state index contributed by atoms with van der Waals surface area (Å²) >= 11 is 0. The Morgan fingerprint density at radius 3 is 2.56 bits per heavy atom. The molecule has 5 nitrogen and oxygen atoms in total. The van der Waals surface area contributed by atoms with Crippen molar-refractivity contribution in [3.63, 3.8) is 0 Å². The number of rotatable bonds is 5. The van der Waals surface area contributed by atoms with Crippen LogP contribution < -0.4 is 5.32 Å². The molecule has 0 bridgehead atoms. The normalized spacial score (nSPS) is 21.6. The molecule has 25 heavy (non-hydrogen) atoms. The van der Waals surface area contributed by atoms with Crippen LogP contribution in [0.1, 0.15) is 31.2 Å². The van der Waals surface area contributed by atoms with E-state index in [4.69, 9.17) is 6.57 Å². The molecular weight excluding hydrogens is 336 g/mol. The van der Waals surface area contributed by atoms with E-state index in [0.717, 1.165) is 51.9 Å². The minimum Gasteiger partial charge on any atom is -0.306 e. The van der Waals surface area contributed by atoms with Gasteiger partial charge in [-0.1, -0.05) is 30.3 Å². The lowest BCUT2D eigenvalue weighted by molar-refractivity contribution is -0.130. The van der Waals surface area contributed by atoms with Crippen LogP contribution in [0.25, 0.3) is 4.85 Å². The van der Waals surface area contributed by atoms with Gasteiger partial charge in [-0.05, 0) is 37.9 Å². The molecule has 2 heterocycles. The summed E-state index contributed by atoms with van der Waals surface area (Å²) in [5.74, 6) is 0.0835. The molecule has 1 aromatic carbocycles. The van der Waals surface area contributed by atoms with Gasteiger partial charge in [0.05, 0.1) is 6.54 Å². The van der Waals surface area contributed by atoms with E-state index < -0.39 is 0 Å². The van der Waals surface area contributed by atoms with Crippen molar-refractivity contribution in [2.75, 3.05) is 26.2 Å². The highest BCUT2D eigenvalue weighted by molar-refractivity contribution is 5.85. The number of nitrogens with zero attached hydrogens (tertiary/aromatic N) is 3. The molecule has 1 amide bonds. The maximum absolute atomic E-state index is 12.3. The second kappa shape index (κ2) is 9.76. The molecule has 0 unspecified atom stereocenters. The Morgan fingerprint density at radius 2 is 1.88 bits per heavy atom. The Balaban J connectivity index is 0.00000225. The maximum Gasteiger partial charge on any atom is 0.300 e. The fraction of sp³-hybridized carbons (Fsp3) is 0.579. The Kier molecular flexibility index (Phi) is 7.70. The minimum atomic E-state index is -0.230. The number of piperidine rings is 1. The predicted octanol–water partition coefficient (Wildman–Crippen LogP) is 2.53. The van der Waals surface area contributed by atoms with Gasteiger partial charge in [-0.25, -0.2) is 6.57 Å². The molecule has 2 saturated heterocycles. The van der Waals surface area contributed by atoms with Gasteiger partial charge in [0, 0.05) is 25.6 Å². The van der Waals surface area contributed by atoms with Crippen molar-refractivity contribution in [3.05, 3.63) is 47.3 Å². The summed E-state index contributed by atoms with van der Waals surface area (Å²) in [6.07, 6.45) is 3.70. The molecule has 2 fully saturated rings. The summed E-state index contributed by atoms with van der Waals surface area (Å²) in [6.45, 7) is 11.4. The lowest BCUT2D eigenvalue weighted by atomic mass is 10.0. The van der Waals surface area contributed by atoms with Crippen molar-refractivity contribution in [2.24, 2.45) is 0 Å². The van der Waals surface area contributed by atoms with E-state index in [-0.39, 0.29) is 24.5 Å². The van der Waals surface area contributed by atoms with Crippen LogP contribution in [0.2, 0.25) is 0 Å². The molecule has 2 aliphatic rings. The van der Waals surface area contributed by atoms with Crippen LogP contribution in [0.5, 0.6) is 0 Å². The van der Waals surface area contributed by atoms with Crippen LogP contribution in [-0.4, -0.2) is 54.1 Å². The Hall–Kier alpha value is -1.61. The fourth-order valence-corrected chi connectivity index (χ4v) is 3.64. The molecule has 6 heteroatoms. The summed E-state index contributed by atoms with van der Waals surface area (Å²) in [4.78, 5) is 20.0. The zero-order valence-corrected chi connectivity index (χ0v) is 15.4. The fourth-order valence-electron chi connectivity index (χ4n) is 3.64. The molecule has 0 aromatic heterocycles. The highest BCUT2D eigenvalue weighted by atomic mass is 35.5. The lowest BCUT2D eigenvalue weighted by Gasteiger charge is -2.32. The van der Waals surface area contributed by atoms with Gasteiger partial charge in [0.25, 0.3) is 0 Å². The van der Waals surface area contributed by atoms with Crippen molar-refractivity contribution in [3.8, 4) is 0 Å². The highest BCUT2D eigenvalue weighted by Gasteiger charge is 2.32. The smallest absolute Gasteiger partial charge is 0.300 e. The molecule has 2 aliphatic heterocycles. The van der Waals surface area contributed by atoms with E-state index in [2.05, 4.69) is 45.4 Å². The van der Waals surface area contributed by atoms with Gasteiger partial charge >= 0.3 is 6.17 Å². The van der Waals surface area contributed by atoms with Gasteiger partial charge in [-0.3, -0.25) is 19.4 Å². The van der Waals surface area contributed by atoms with Crippen molar-refractivity contribution in [2.45, 2.75) is 44.4 Å². The average molecular weight is 363 g/mol. The van der Waals surface area contributed by atoms with E-state index in [0.29, 0.717) is 12.6 Å². The molecule has 0 spiro atoms. The highest BCUT2D eigenvalue weighted by Crippen LogP contribution is 2.18. The van der Waals surface area contributed by atoms with E-state index in [1.165, 1.54) is 5.56 Å². The first-order valence-electron chi connectivity index (χ1n) is 8.92. The van der Waals surface area contributed by atoms with Crippen LogP contribution in [0.3, 0.4) is 0 Å². The Bertz CT molecular complexity index is 581. The third-order valence-electron chi connectivity index (χ3n) is 5.07. The van der Waals surface area contributed by atoms with Crippen LogP contribution >= 0.6 is 12.4 Å². The van der Waals surface area contributed by atoms with Crippen molar-refractivity contribution >= 4 is 18.3 Å².